The third kappa shape index (κ3) is 2.72. The lowest BCUT2D eigenvalue weighted by Crippen LogP contribution is -2.31. The molecule has 2 amide bonds. The van der Waals surface area contributed by atoms with Crippen LogP contribution >= 0.6 is 15.9 Å². The van der Waals surface area contributed by atoms with Gasteiger partial charge in [-0.05, 0) is 23.8 Å². The van der Waals surface area contributed by atoms with Gasteiger partial charge >= 0.3 is 6.03 Å². The highest BCUT2D eigenvalue weighted by molar-refractivity contribution is 9.10. The molecule has 1 unspecified atom stereocenters. The average Bonchev–Trinajstić information content (AvgIpc) is 3.18. The third-order valence-electron chi connectivity index (χ3n) is 4.60. The Morgan fingerprint density at radius 3 is 2.64 bits per heavy atom. The van der Waals surface area contributed by atoms with E-state index in [2.05, 4.69) is 43.9 Å². The van der Waals surface area contributed by atoms with E-state index in [1.807, 2.05) is 43.4 Å². The van der Waals surface area contributed by atoms with Crippen molar-refractivity contribution in [3.05, 3.63) is 70.3 Å². The Labute approximate surface area is 153 Å². The number of hydrogen-bond donors (Lipinski definition) is 1. The lowest BCUT2D eigenvalue weighted by Gasteiger charge is -2.19. The molecule has 2 N–H and O–H groups in total. The predicted octanol–water partition coefficient (Wildman–Crippen LogP) is 4.17. The summed E-state index contributed by atoms with van der Waals surface area (Å²) in [4.78, 5) is 12.0. The van der Waals surface area contributed by atoms with E-state index in [4.69, 9.17) is 5.73 Å². The Balaban J connectivity index is 1.77. The molecule has 0 radical (unpaired) electrons. The van der Waals surface area contributed by atoms with Crippen LogP contribution in [0.15, 0.2) is 64.3 Å². The fourth-order valence-corrected chi connectivity index (χ4v) is 3.68. The lowest BCUT2D eigenvalue weighted by atomic mass is 9.98. The first-order valence-electron chi connectivity index (χ1n) is 8.00. The summed E-state index contributed by atoms with van der Waals surface area (Å²) < 4.78 is 3.08. The summed E-state index contributed by atoms with van der Waals surface area (Å²) in [6.45, 7) is 0. The molecule has 1 aliphatic heterocycles. The van der Waals surface area contributed by atoms with Gasteiger partial charge in [0.25, 0.3) is 0 Å². The fraction of sp³-hybridized carbons (Fsp3) is 0.158. The van der Waals surface area contributed by atoms with E-state index in [-0.39, 0.29) is 6.04 Å². The molecule has 0 saturated carbocycles. The van der Waals surface area contributed by atoms with Crippen LogP contribution in [0.25, 0.3) is 10.9 Å². The van der Waals surface area contributed by atoms with Crippen molar-refractivity contribution in [3.8, 4) is 0 Å². The van der Waals surface area contributed by atoms with Crippen molar-refractivity contribution in [2.45, 2.75) is 12.5 Å². The average molecular weight is 397 g/mol. The first-order chi connectivity index (χ1) is 12.0. The zero-order valence-electron chi connectivity index (χ0n) is 13.7. The molecule has 1 atom stereocenters. The normalized spacial score (nSPS) is 17.1. The molecular formula is C19H17BrN4O. The Kier molecular flexibility index (Phi) is 3.84. The molecule has 0 bridgehead atoms. The van der Waals surface area contributed by atoms with Gasteiger partial charge in [-0.3, -0.25) is 0 Å². The first-order valence-corrected chi connectivity index (χ1v) is 8.80. The highest BCUT2D eigenvalue weighted by Gasteiger charge is 2.33. The molecule has 1 aliphatic rings. The number of rotatable bonds is 2. The molecule has 0 spiro atoms. The van der Waals surface area contributed by atoms with Crippen LogP contribution in [0.2, 0.25) is 0 Å². The molecule has 0 fully saturated rings. The number of nitrogens with two attached hydrogens (primary N) is 1. The maximum absolute atomic E-state index is 12.0. The van der Waals surface area contributed by atoms with Gasteiger partial charge in [-0.1, -0.05) is 46.3 Å². The number of nitrogens with zero attached hydrogens (tertiary/aromatic N) is 3. The van der Waals surface area contributed by atoms with E-state index >= 15 is 0 Å². The van der Waals surface area contributed by atoms with Crippen LogP contribution in [0.3, 0.4) is 0 Å². The minimum atomic E-state index is -0.537. The fourth-order valence-electron chi connectivity index (χ4n) is 3.41. The van der Waals surface area contributed by atoms with Gasteiger partial charge in [0.05, 0.1) is 11.8 Å². The highest BCUT2D eigenvalue weighted by Crippen LogP contribution is 2.37. The van der Waals surface area contributed by atoms with Crippen molar-refractivity contribution < 1.29 is 4.79 Å². The van der Waals surface area contributed by atoms with Crippen molar-refractivity contribution >= 4 is 38.6 Å². The van der Waals surface area contributed by atoms with Crippen LogP contribution in [0.1, 0.15) is 23.6 Å². The number of benzene rings is 2. The van der Waals surface area contributed by atoms with Crippen LogP contribution in [0, 0.1) is 0 Å². The van der Waals surface area contributed by atoms with E-state index in [1.54, 1.807) is 0 Å². The Hall–Kier alpha value is -2.60. The quantitative estimate of drug-likeness (QED) is 0.693. The SMILES string of the molecule is Cn1cc(C2CC(c3ccc(Br)cc3)=NN2C(N)=O)c2ccccc21. The van der Waals surface area contributed by atoms with Crippen molar-refractivity contribution in [1.82, 2.24) is 9.58 Å². The molecule has 126 valence electrons. The predicted molar refractivity (Wildman–Crippen MR) is 102 cm³/mol. The summed E-state index contributed by atoms with van der Waals surface area (Å²) in [7, 11) is 2.01. The number of hydrogen-bond acceptors (Lipinski definition) is 2. The molecule has 3 aromatic rings. The zero-order valence-corrected chi connectivity index (χ0v) is 15.3. The largest absolute Gasteiger partial charge is 0.350 e. The summed E-state index contributed by atoms with van der Waals surface area (Å²) in [6.07, 6.45) is 2.70. The van der Waals surface area contributed by atoms with Gasteiger partial charge < -0.3 is 10.3 Å². The second-order valence-electron chi connectivity index (χ2n) is 6.17. The van der Waals surface area contributed by atoms with Crippen LogP contribution < -0.4 is 5.73 Å². The molecule has 6 heteroatoms. The van der Waals surface area contributed by atoms with E-state index in [0.717, 1.165) is 32.2 Å². The van der Waals surface area contributed by atoms with Crippen LogP contribution in [0.4, 0.5) is 4.79 Å². The number of halogens is 1. The topological polar surface area (TPSA) is 63.6 Å². The molecule has 5 nitrogen and oxygen atoms in total. The number of carbonyl (C=O) groups is 1. The molecule has 0 aliphatic carbocycles. The number of aryl methyl sites for hydroxylation is 1. The maximum Gasteiger partial charge on any atom is 0.335 e. The number of amides is 2. The van der Waals surface area contributed by atoms with Crippen molar-refractivity contribution in [2.24, 2.45) is 17.9 Å². The number of aromatic nitrogens is 1. The maximum atomic E-state index is 12.0. The summed E-state index contributed by atoms with van der Waals surface area (Å²) >= 11 is 3.44. The number of para-hydroxylation sites is 1. The zero-order chi connectivity index (χ0) is 17.6. The number of primary amides is 1. The van der Waals surface area contributed by atoms with Crippen LogP contribution in [0.5, 0.6) is 0 Å². The molecule has 2 heterocycles. The molecule has 4 rings (SSSR count). The van der Waals surface area contributed by atoms with Gasteiger partial charge in [-0.15, -0.1) is 0 Å². The smallest absolute Gasteiger partial charge is 0.335 e. The van der Waals surface area contributed by atoms with Crippen LogP contribution in [-0.4, -0.2) is 21.3 Å². The summed E-state index contributed by atoms with van der Waals surface area (Å²) in [5.74, 6) is 0. The number of hydrazone groups is 1. The van der Waals surface area contributed by atoms with Gasteiger partial charge in [0.2, 0.25) is 0 Å². The number of carbonyl (C=O) groups excluding carboxylic acids is 1. The second-order valence-corrected chi connectivity index (χ2v) is 7.08. The molecule has 0 saturated heterocycles. The monoisotopic (exact) mass is 396 g/mol. The molecule has 1 aromatic heterocycles. The Morgan fingerprint density at radius 1 is 1.20 bits per heavy atom. The summed E-state index contributed by atoms with van der Waals surface area (Å²) in [5.41, 5.74) is 9.66. The first kappa shape index (κ1) is 15.9. The van der Waals surface area contributed by atoms with Gasteiger partial charge in [-0.2, -0.15) is 5.10 Å². The van der Waals surface area contributed by atoms with E-state index in [1.165, 1.54) is 5.01 Å². The van der Waals surface area contributed by atoms with Gasteiger partial charge in [0.15, 0.2) is 0 Å². The highest BCUT2D eigenvalue weighted by atomic mass is 79.9. The van der Waals surface area contributed by atoms with Crippen molar-refractivity contribution in [2.75, 3.05) is 0 Å². The van der Waals surface area contributed by atoms with Crippen LogP contribution in [-0.2, 0) is 7.05 Å². The van der Waals surface area contributed by atoms with Crippen molar-refractivity contribution in [1.29, 1.82) is 0 Å². The van der Waals surface area contributed by atoms with E-state index in [0.29, 0.717) is 6.42 Å². The van der Waals surface area contributed by atoms with Gasteiger partial charge in [0.1, 0.15) is 0 Å². The second kappa shape index (κ2) is 6.04. The molecular weight excluding hydrogens is 380 g/mol. The minimum Gasteiger partial charge on any atom is -0.350 e. The number of fused-ring (bicyclic) bond motifs is 1. The van der Waals surface area contributed by atoms with Crippen molar-refractivity contribution in [3.63, 3.8) is 0 Å². The van der Waals surface area contributed by atoms with E-state index < -0.39 is 6.03 Å². The summed E-state index contributed by atoms with van der Waals surface area (Å²) in [5, 5.41) is 7.03. The van der Waals surface area contributed by atoms with E-state index in [9.17, 15) is 4.79 Å². The Bertz CT molecular complexity index is 990. The summed E-state index contributed by atoms with van der Waals surface area (Å²) in [6, 6.07) is 15.4. The molecule has 25 heavy (non-hydrogen) atoms. The Morgan fingerprint density at radius 2 is 1.92 bits per heavy atom. The van der Waals surface area contributed by atoms with Gasteiger partial charge in [0, 0.05) is 40.6 Å². The number of urea groups is 1. The molecule has 2 aromatic carbocycles. The minimum absolute atomic E-state index is 0.192. The van der Waals surface area contributed by atoms with Gasteiger partial charge in [-0.25, -0.2) is 9.80 Å². The third-order valence-corrected chi connectivity index (χ3v) is 5.13. The standard InChI is InChI=1S/C19H17BrN4O/c1-23-11-15(14-4-2-3-5-17(14)23)18-10-16(22-24(18)19(21)25)12-6-8-13(20)9-7-12/h2-9,11,18H,10H2,1H3,(H2,21,25). The lowest BCUT2D eigenvalue weighted by molar-refractivity contribution is 0.196.